The summed E-state index contributed by atoms with van der Waals surface area (Å²) in [5.74, 6) is 0.886. The first-order valence-electron chi connectivity index (χ1n) is 9.49. The first-order valence-corrected chi connectivity index (χ1v) is 9.87. The zero-order valence-electron chi connectivity index (χ0n) is 17.0. The van der Waals surface area contributed by atoms with Crippen LogP contribution in [0, 0.1) is 0 Å². The molecule has 0 heterocycles. The first-order chi connectivity index (χ1) is 14.6. The fourth-order valence-electron chi connectivity index (χ4n) is 2.87. The molecule has 0 aliphatic carbocycles. The maximum Gasteiger partial charge on any atom is 0.251 e. The van der Waals surface area contributed by atoms with Crippen molar-refractivity contribution in [1.29, 1.82) is 0 Å². The Kier molecular flexibility index (Phi) is 7.71. The zero-order chi connectivity index (χ0) is 21.3. The first kappa shape index (κ1) is 21.7. The summed E-state index contributed by atoms with van der Waals surface area (Å²) in [7, 11) is 3.21. The third-order valence-corrected chi connectivity index (χ3v) is 4.77. The van der Waals surface area contributed by atoms with Gasteiger partial charge in [-0.2, -0.15) is 0 Å². The second-order valence-electron chi connectivity index (χ2n) is 6.71. The van der Waals surface area contributed by atoms with Crippen LogP contribution in [0.4, 0.5) is 0 Å². The van der Waals surface area contributed by atoms with Gasteiger partial charge in [-0.15, -0.1) is 0 Å². The fourth-order valence-corrected chi connectivity index (χ4v) is 3.00. The SMILES string of the molecule is COCc1ccc(CNC(=O)c2ccc(OCc3ccc(Cl)cc3)c(OC)c2)cc1. The third kappa shape index (κ3) is 5.99. The molecule has 30 heavy (non-hydrogen) atoms. The van der Waals surface area contributed by atoms with Crippen LogP contribution in [0.25, 0.3) is 0 Å². The molecule has 0 atom stereocenters. The predicted octanol–water partition coefficient (Wildman–Crippen LogP) is 5.00. The number of ether oxygens (including phenoxy) is 3. The quantitative estimate of drug-likeness (QED) is 0.524. The highest BCUT2D eigenvalue weighted by molar-refractivity contribution is 6.30. The number of hydrogen-bond acceptors (Lipinski definition) is 4. The highest BCUT2D eigenvalue weighted by atomic mass is 35.5. The van der Waals surface area contributed by atoms with E-state index in [9.17, 15) is 4.79 Å². The van der Waals surface area contributed by atoms with Crippen molar-refractivity contribution in [2.45, 2.75) is 19.8 Å². The van der Waals surface area contributed by atoms with Crippen LogP contribution in [-0.4, -0.2) is 20.1 Å². The predicted molar refractivity (Wildman–Crippen MR) is 117 cm³/mol. The molecule has 1 N–H and O–H groups in total. The molecule has 0 saturated carbocycles. The third-order valence-electron chi connectivity index (χ3n) is 4.52. The summed E-state index contributed by atoms with van der Waals surface area (Å²) in [6.07, 6.45) is 0. The second kappa shape index (κ2) is 10.7. The number of carbonyl (C=O) groups excluding carboxylic acids is 1. The van der Waals surface area contributed by atoms with E-state index < -0.39 is 0 Å². The minimum Gasteiger partial charge on any atom is -0.493 e. The Morgan fingerprint density at radius 2 is 1.47 bits per heavy atom. The summed E-state index contributed by atoms with van der Waals surface area (Å²) in [5, 5.41) is 3.60. The van der Waals surface area contributed by atoms with Crippen molar-refractivity contribution in [3.8, 4) is 11.5 Å². The topological polar surface area (TPSA) is 56.8 Å². The van der Waals surface area contributed by atoms with Gasteiger partial charge in [0.2, 0.25) is 0 Å². The molecule has 1 amide bonds. The van der Waals surface area contributed by atoms with Gasteiger partial charge in [0.15, 0.2) is 11.5 Å². The summed E-state index contributed by atoms with van der Waals surface area (Å²) in [5.41, 5.74) is 3.59. The Balaban J connectivity index is 1.60. The Morgan fingerprint density at radius 1 is 0.833 bits per heavy atom. The van der Waals surface area contributed by atoms with E-state index in [0.717, 1.165) is 16.7 Å². The van der Waals surface area contributed by atoms with Gasteiger partial charge in [0.1, 0.15) is 6.61 Å². The van der Waals surface area contributed by atoms with Crippen molar-refractivity contribution in [1.82, 2.24) is 5.32 Å². The van der Waals surface area contributed by atoms with Gasteiger partial charge in [-0.05, 0) is 47.0 Å². The number of halogens is 1. The second-order valence-corrected chi connectivity index (χ2v) is 7.15. The summed E-state index contributed by atoms with van der Waals surface area (Å²) >= 11 is 5.90. The number of rotatable bonds is 9. The Hall–Kier alpha value is -3.02. The molecular formula is C24H24ClNO4. The van der Waals surface area contributed by atoms with Crippen molar-refractivity contribution >= 4 is 17.5 Å². The summed E-state index contributed by atoms with van der Waals surface area (Å²) in [6.45, 7) is 1.38. The number of carbonyl (C=O) groups is 1. The van der Waals surface area contributed by atoms with Gasteiger partial charge in [0, 0.05) is 24.2 Å². The van der Waals surface area contributed by atoms with E-state index in [-0.39, 0.29) is 5.91 Å². The molecule has 3 rings (SSSR count). The minimum atomic E-state index is -0.182. The van der Waals surface area contributed by atoms with E-state index in [1.807, 2.05) is 48.5 Å². The van der Waals surface area contributed by atoms with Gasteiger partial charge in [0.05, 0.1) is 13.7 Å². The van der Waals surface area contributed by atoms with E-state index in [1.165, 1.54) is 0 Å². The average molecular weight is 426 g/mol. The maximum atomic E-state index is 12.5. The minimum absolute atomic E-state index is 0.182. The zero-order valence-corrected chi connectivity index (χ0v) is 17.7. The monoisotopic (exact) mass is 425 g/mol. The van der Waals surface area contributed by atoms with Crippen LogP contribution in [0.3, 0.4) is 0 Å². The summed E-state index contributed by atoms with van der Waals surface area (Å²) in [4.78, 5) is 12.5. The number of hydrogen-bond donors (Lipinski definition) is 1. The van der Waals surface area contributed by atoms with Crippen LogP contribution >= 0.6 is 11.6 Å². The van der Waals surface area contributed by atoms with Crippen molar-refractivity contribution in [3.63, 3.8) is 0 Å². The van der Waals surface area contributed by atoms with Crippen LogP contribution in [0.15, 0.2) is 66.7 Å². The van der Waals surface area contributed by atoms with E-state index in [0.29, 0.717) is 41.8 Å². The average Bonchev–Trinajstić information content (AvgIpc) is 2.78. The molecule has 0 aliphatic rings. The van der Waals surface area contributed by atoms with E-state index in [1.54, 1.807) is 32.4 Å². The molecule has 3 aromatic rings. The van der Waals surface area contributed by atoms with Gasteiger partial charge in [-0.3, -0.25) is 4.79 Å². The largest absolute Gasteiger partial charge is 0.493 e. The van der Waals surface area contributed by atoms with Gasteiger partial charge < -0.3 is 19.5 Å². The summed E-state index contributed by atoms with van der Waals surface area (Å²) in [6, 6.07) is 20.5. The van der Waals surface area contributed by atoms with Gasteiger partial charge >= 0.3 is 0 Å². The molecule has 0 aliphatic heterocycles. The number of methoxy groups -OCH3 is 2. The van der Waals surface area contributed by atoms with Gasteiger partial charge in [-0.25, -0.2) is 0 Å². The van der Waals surface area contributed by atoms with Gasteiger partial charge in [-0.1, -0.05) is 48.0 Å². The molecule has 156 valence electrons. The molecule has 0 radical (unpaired) electrons. The van der Waals surface area contributed by atoms with E-state index in [2.05, 4.69) is 5.32 Å². The maximum absolute atomic E-state index is 12.5. The van der Waals surface area contributed by atoms with Crippen molar-refractivity contribution < 1.29 is 19.0 Å². The number of benzene rings is 3. The Labute approximate surface area is 181 Å². The van der Waals surface area contributed by atoms with Gasteiger partial charge in [0.25, 0.3) is 5.91 Å². The standard InChI is InChI=1S/C24H24ClNO4/c1-28-15-18-5-3-17(4-6-18)14-26-24(27)20-9-12-22(23(13-20)29-2)30-16-19-7-10-21(25)11-8-19/h3-13H,14-16H2,1-2H3,(H,26,27). The summed E-state index contributed by atoms with van der Waals surface area (Å²) < 4.78 is 16.3. The van der Waals surface area contributed by atoms with Crippen LogP contribution in [-0.2, 0) is 24.5 Å². The molecule has 0 unspecified atom stereocenters. The lowest BCUT2D eigenvalue weighted by molar-refractivity contribution is 0.0950. The molecule has 3 aromatic carbocycles. The lowest BCUT2D eigenvalue weighted by atomic mass is 10.1. The Morgan fingerprint density at radius 3 is 2.13 bits per heavy atom. The molecule has 0 saturated heterocycles. The molecule has 0 fully saturated rings. The highest BCUT2D eigenvalue weighted by Gasteiger charge is 2.11. The van der Waals surface area contributed by atoms with E-state index in [4.69, 9.17) is 25.8 Å². The lowest BCUT2D eigenvalue weighted by Crippen LogP contribution is -2.22. The molecule has 0 spiro atoms. The van der Waals surface area contributed by atoms with Crippen LogP contribution in [0.1, 0.15) is 27.0 Å². The molecule has 5 nitrogen and oxygen atoms in total. The number of amides is 1. The smallest absolute Gasteiger partial charge is 0.251 e. The van der Waals surface area contributed by atoms with Crippen LogP contribution in [0.5, 0.6) is 11.5 Å². The fraction of sp³-hybridized carbons (Fsp3) is 0.208. The molecular weight excluding hydrogens is 402 g/mol. The van der Waals surface area contributed by atoms with Crippen molar-refractivity contribution in [2.75, 3.05) is 14.2 Å². The highest BCUT2D eigenvalue weighted by Crippen LogP contribution is 2.29. The van der Waals surface area contributed by atoms with Crippen molar-refractivity contribution in [2.24, 2.45) is 0 Å². The molecule has 6 heteroatoms. The number of nitrogens with one attached hydrogen (secondary N) is 1. The van der Waals surface area contributed by atoms with Crippen molar-refractivity contribution in [3.05, 3.63) is 94.0 Å². The normalized spacial score (nSPS) is 10.5. The van der Waals surface area contributed by atoms with E-state index >= 15 is 0 Å². The Bertz CT molecular complexity index is 972. The van der Waals surface area contributed by atoms with Crippen LogP contribution < -0.4 is 14.8 Å². The lowest BCUT2D eigenvalue weighted by Gasteiger charge is -2.13. The molecule has 0 aromatic heterocycles. The molecule has 0 bridgehead atoms. The van der Waals surface area contributed by atoms with Crippen LogP contribution in [0.2, 0.25) is 5.02 Å².